The van der Waals surface area contributed by atoms with Crippen LogP contribution in [-0.2, 0) is 16.6 Å². The van der Waals surface area contributed by atoms with Crippen LogP contribution in [0.5, 0.6) is 0 Å². The second-order valence-corrected chi connectivity index (χ2v) is 8.05. The number of sulfonamides is 1. The second kappa shape index (κ2) is 5.64. The van der Waals surface area contributed by atoms with E-state index in [0.29, 0.717) is 17.1 Å². The summed E-state index contributed by atoms with van der Waals surface area (Å²) in [7, 11) is -3.55. The van der Waals surface area contributed by atoms with Crippen molar-refractivity contribution in [2.24, 2.45) is 11.1 Å². The van der Waals surface area contributed by atoms with Crippen molar-refractivity contribution in [3.05, 3.63) is 28.3 Å². The molecule has 0 aromatic heterocycles. The number of nitrogens with two attached hydrogens (primary N) is 1. The molecule has 0 amide bonds. The maximum atomic E-state index is 12.4. The van der Waals surface area contributed by atoms with Crippen LogP contribution in [0.4, 0.5) is 0 Å². The molecular formula is C14H21ClN2O2S. The summed E-state index contributed by atoms with van der Waals surface area (Å²) in [4.78, 5) is 0.230. The minimum absolute atomic E-state index is 0.0935. The molecule has 1 aliphatic carbocycles. The zero-order chi connectivity index (χ0) is 15.0. The Labute approximate surface area is 125 Å². The van der Waals surface area contributed by atoms with Crippen LogP contribution in [0.25, 0.3) is 0 Å². The lowest BCUT2D eigenvalue weighted by Gasteiger charge is -2.38. The Morgan fingerprint density at radius 3 is 2.55 bits per heavy atom. The van der Waals surface area contributed by atoms with Gasteiger partial charge in [0.15, 0.2) is 0 Å². The topological polar surface area (TPSA) is 72.2 Å². The molecule has 0 heterocycles. The van der Waals surface area contributed by atoms with Gasteiger partial charge in [0.1, 0.15) is 0 Å². The molecule has 0 atom stereocenters. The minimum Gasteiger partial charge on any atom is -0.326 e. The summed E-state index contributed by atoms with van der Waals surface area (Å²) >= 11 is 5.99. The van der Waals surface area contributed by atoms with Gasteiger partial charge in [-0.1, -0.05) is 24.9 Å². The predicted molar refractivity (Wildman–Crippen MR) is 81.2 cm³/mol. The lowest BCUT2D eigenvalue weighted by Crippen LogP contribution is -2.40. The maximum Gasteiger partial charge on any atom is 0.240 e. The molecule has 1 aromatic rings. The SMILES string of the molecule is Cc1c(CN)cc(Cl)cc1S(=O)(=O)NCC1(C)CCC1. The van der Waals surface area contributed by atoms with Crippen LogP contribution in [-0.4, -0.2) is 15.0 Å². The first kappa shape index (κ1) is 15.8. The van der Waals surface area contributed by atoms with Gasteiger partial charge < -0.3 is 5.73 Å². The first-order valence-electron chi connectivity index (χ1n) is 6.76. The quantitative estimate of drug-likeness (QED) is 0.877. The third kappa shape index (κ3) is 3.17. The third-order valence-electron chi connectivity index (χ3n) is 4.19. The Morgan fingerprint density at radius 1 is 1.40 bits per heavy atom. The van der Waals surface area contributed by atoms with E-state index >= 15 is 0 Å². The summed E-state index contributed by atoms with van der Waals surface area (Å²) in [6.45, 7) is 4.61. The molecule has 0 radical (unpaired) electrons. The van der Waals surface area contributed by atoms with E-state index in [1.807, 2.05) is 0 Å². The first-order valence-corrected chi connectivity index (χ1v) is 8.62. The van der Waals surface area contributed by atoms with Crippen molar-refractivity contribution in [1.82, 2.24) is 4.72 Å². The van der Waals surface area contributed by atoms with E-state index in [0.717, 1.165) is 18.4 Å². The Kier molecular flexibility index (Phi) is 4.44. The van der Waals surface area contributed by atoms with Crippen molar-refractivity contribution >= 4 is 21.6 Å². The highest BCUT2D eigenvalue weighted by molar-refractivity contribution is 7.89. The van der Waals surface area contributed by atoms with Crippen LogP contribution < -0.4 is 10.5 Å². The molecule has 1 aromatic carbocycles. The number of halogens is 1. The van der Waals surface area contributed by atoms with Gasteiger partial charge >= 0.3 is 0 Å². The highest BCUT2D eigenvalue weighted by Crippen LogP contribution is 2.39. The molecule has 112 valence electrons. The number of nitrogens with one attached hydrogen (secondary N) is 1. The summed E-state index contributed by atoms with van der Waals surface area (Å²) in [6, 6.07) is 3.20. The molecule has 0 spiro atoms. The van der Waals surface area contributed by atoms with Gasteiger partial charge in [0, 0.05) is 18.1 Å². The van der Waals surface area contributed by atoms with Crippen LogP contribution in [0.2, 0.25) is 5.02 Å². The number of rotatable bonds is 5. The van der Waals surface area contributed by atoms with E-state index < -0.39 is 10.0 Å². The zero-order valence-corrected chi connectivity index (χ0v) is 13.4. The van der Waals surface area contributed by atoms with E-state index in [1.165, 1.54) is 12.5 Å². The predicted octanol–water partition coefficient (Wildman–Crippen LogP) is 2.58. The largest absolute Gasteiger partial charge is 0.326 e. The lowest BCUT2D eigenvalue weighted by atomic mass is 9.71. The van der Waals surface area contributed by atoms with Gasteiger partial charge in [-0.3, -0.25) is 0 Å². The van der Waals surface area contributed by atoms with Crippen molar-refractivity contribution in [3.8, 4) is 0 Å². The van der Waals surface area contributed by atoms with Crippen LogP contribution in [0, 0.1) is 12.3 Å². The smallest absolute Gasteiger partial charge is 0.240 e. The van der Waals surface area contributed by atoms with Crippen LogP contribution in [0.3, 0.4) is 0 Å². The lowest BCUT2D eigenvalue weighted by molar-refractivity contribution is 0.166. The monoisotopic (exact) mass is 316 g/mol. The Morgan fingerprint density at radius 2 is 2.05 bits per heavy atom. The Hall–Kier alpha value is -0.620. The molecule has 0 unspecified atom stereocenters. The fraction of sp³-hybridized carbons (Fsp3) is 0.571. The van der Waals surface area contributed by atoms with Crippen molar-refractivity contribution in [3.63, 3.8) is 0 Å². The van der Waals surface area contributed by atoms with E-state index in [4.69, 9.17) is 17.3 Å². The number of hydrogen-bond donors (Lipinski definition) is 2. The Bertz CT molecular complexity index is 610. The van der Waals surface area contributed by atoms with E-state index in [1.54, 1.807) is 13.0 Å². The molecule has 3 N–H and O–H groups in total. The van der Waals surface area contributed by atoms with Gasteiger partial charge in [0.05, 0.1) is 4.90 Å². The van der Waals surface area contributed by atoms with E-state index in [9.17, 15) is 8.42 Å². The third-order valence-corrected chi connectivity index (χ3v) is 5.94. The van der Waals surface area contributed by atoms with Gasteiger partial charge in [0.25, 0.3) is 0 Å². The fourth-order valence-corrected chi connectivity index (χ4v) is 4.32. The number of benzene rings is 1. The molecular weight excluding hydrogens is 296 g/mol. The zero-order valence-electron chi connectivity index (χ0n) is 11.9. The van der Waals surface area contributed by atoms with Crippen LogP contribution in [0.1, 0.15) is 37.3 Å². The highest BCUT2D eigenvalue weighted by atomic mass is 35.5. The maximum absolute atomic E-state index is 12.4. The number of hydrogen-bond acceptors (Lipinski definition) is 3. The molecule has 0 saturated heterocycles. The summed E-state index contributed by atoms with van der Waals surface area (Å²) in [5.41, 5.74) is 7.15. The van der Waals surface area contributed by atoms with Crippen LogP contribution >= 0.6 is 11.6 Å². The average Bonchev–Trinajstić information content (AvgIpc) is 2.36. The Balaban J connectivity index is 2.27. The summed E-state index contributed by atoms with van der Waals surface area (Å²) in [5, 5.41) is 0.395. The van der Waals surface area contributed by atoms with Crippen molar-refractivity contribution in [2.75, 3.05) is 6.54 Å². The molecule has 1 saturated carbocycles. The van der Waals surface area contributed by atoms with Gasteiger partial charge in [-0.25, -0.2) is 13.1 Å². The van der Waals surface area contributed by atoms with Crippen molar-refractivity contribution in [1.29, 1.82) is 0 Å². The fourth-order valence-electron chi connectivity index (χ4n) is 2.50. The van der Waals surface area contributed by atoms with Gasteiger partial charge in [-0.2, -0.15) is 0 Å². The normalized spacial score (nSPS) is 17.8. The van der Waals surface area contributed by atoms with Gasteiger partial charge in [-0.05, 0) is 48.4 Å². The highest BCUT2D eigenvalue weighted by Gasteiger charge is 2.33. The molecule has 4 nitrogen and oxygen atoms in total. The van der Waals surface area contributed by atoms with Crippen molar-refractivity contribution < 1.29 is 8.42 Å². The molecule has 6 heteroatoms. The molecule has 2 rings (SSSR count). The summed E-state index contributed by atoms with van der Waals surface area (Å²) in [6.07, 6.45) is 3.31. The first-order chi connectivity index (χ1) is 9.27. The van der Waals surface area contributed by atoms with E-state index in [-0.39, 0.29) is 16.9 Å². The molecule has 0 bridgehead atoms. The second-order valence-electron chi connectivity index (χ2n) is 5.88. The van der Waals surface area contributed by atoms with E-state index in [2.05, 4.69) is 11.6 Å². The van der Waals surface area contributed by atoms with Gasteiger partial charge in [0.2, 0.25) is 10.0 Å². The molecule has 1 fully saturated rings. The average molecular weight is 317 g/mol. The minimum atomic E-state index is -3.55. The standard InChI is InChI=1S/C14H21ClN2O2S/c1-10-11(8-16)6-12(15)7-13(10)20(18,19)17-9-14(2)4-3-5-14/h6-7,17H,3-5,8-9,16H2,1-2H3. The summed E-state index contributed by atoms with van der Waals surface area (Å²) < 4.78 is 27.6. The van der Waals surface area contributed by atoms with Crippen LogP contribution in [0.15, 0.2) is 17.0 Å². The molecule has 1 aliphatic rings. The van der Waals surface area contributed by atoms with Gasteiger partial charge in [-0.15, -0.1) is 0 Å². The van der Waals surface area contributed by atoms with Crippen molar-refractivity contribution in [2.45, 2.75) is 44.6 Å². The molecule has 0 aliphatic heterocycles. The molecule has 20 heavy (non-hydrogen) atoms. The summed E-state index contributed by atoms with van der Waals surface area (Å²) in [5.74, 6) is 0.